The standard InChI is InChI=1S/C18H19NO4/c1-10-6-7-15(14-8-11(9-20)23-16(10)14)19-17(21)12-4-2-3-5-13(12)18(19)22/h6-7,11,20H,2-5,8-9H2,1H3. The number of ether oxygens (including phenoxy) is 1. The Morgan fingerprint density at radius 3 is 2.43 bits per heavy atom. The number of carbonyl (C=O) groups is 2. The molecule has 4 rings (SSSR count). The van der Waals surface area contributed by atoms with Gasteiger partial charge in [0.1, 0.15) is 11.9 Å². The largest absolute Gasteiger partial charge is 0.487 e. The highest BCUT2D eigenvalue weighted by molar-refractivity contribution is 6.33. The van der Waals surface area contributed by atoms with Crippen LogP contribution in [0, 0.1) is 6.92 Å². The molecule has 0 bridgehead atoms. The van der Waals surface area contributed by atoms with Crippen molar-refractivity contribution < 1.29 is 19.4 Å². The number of nitrogens with zero attached hydrogens (tertiary/aromatic N) is 1. The third-order valence-corrected chi connectivity index (χ3v) is 4.98. The summed E-state index contributed by atoms with van der Waals surface area (Å²) in [6, 6.07) is 3.69. The summed E-state index contributed by atoms with van der Waals surface area (Å²) in [6.45, 7) is 1.85. The Hall–Kier alpha value is -2.14. The number of aliphatic hydroxyl groups excluding tert-OH is 1. The van der Waals surface area contributed by atoms with Gasteiger partial charge in [0, 0.05) is 23.1 Å². The molecule has 1 aromatic rings. The molecule has 5 nitrogen and oxygen atoms in total. The lowest BCUT2D eigenvalue weighted by atomic mass is 9.93. The minimum absolute atomic E-state index is 0.0792. The van der Waals surface area contributed by atoms with Gasteiger partial charge in [-0.1, -0.05) is 6.07 Å². The highest BCUT2D eigenvalue weighted by Crippen LogP contribution is 2.43. The number of benzene rings is 1. The van der Waals surface area contributed by atoms with E-state index in [4.69, 9.17) is 4.74 Å². The molecule has 2 aliphatic heterocycles. The maximum atomic E-state index is 12.7. The molecule has 0 saturated carbocycles. The third-order valence-electron chi connectivity index (χ3n) is 4.98. The third kappa shape index (κ3) is 2.03. The van der Waals surface area contributed by atoms with Gasteiger partial charge in [-0.05, 0) is 44.2 Å². The number of amides is 2. The van der Waals surface area contributed by atoms with Crippen molar-refractivity contribution in [2.45, 2.75) is 45.1 Å². The molecule has 120 valence electrons. The fourth-order valence-electron chi connectivity index (χ4n) is 3.80. The van der Waals surface area contributed by atoms with Crippen molar-refractivity contribution >= 4 is 17.5 Å². The Bertz CT molecular complexity index is 722. The summed E-state index contributed by atoms with van der Waals surface area (Å²) in [6.07, 6.45) is 3.53. The zero-order valence-electron chi connectivity index (χ0n) is 13.1. The second kappa shape index (κ2) is 5.20. The molecule has 1 aliphatic carbocycles. The van der Waals surface area contributed by atoms with E-state index in [2.05, 4.69) is 0 Å². The van der Waals surface area contributed by atoms with Crippen LogP contribution in [-0.2, 0) is 16.0 Å². The lowest BCUT2D eigenvalue weighted by Crippen LogP contribution is -2.32. The number of anilines is 1. The zero-order valence-corrected chi connectivity index (χ0v) is 13.1. The number of imide groups is 1. The number of hydrogen-bond acceptors (Lipinski definition) is 4. The van der Waals surface area contributed by atoms with E-state index in [0.717, 1.165) is 24.0 Å². The van der Waals surface area contributed by atoms with Crippen LogP contribution >= 0.6 is 0 Å². The first kappa shape index (κ1) is 14.5. The van der Waals surface area contributed by atoms with Crippen molar-refractivity contribution in [3.05, 3.63) is 34.4 Å². The Labute approximate surface area is 134 Å². The van der Waals surface area contributed by atoms with Gasteiger partial charge in [0.05, 0.1) is 12.3 Å². The van der Waals surface area contributed by atoms with Crippen LogP contribution in [0.25, 0.3) is 0 Å². The number of aliphatic hydroxyl groups is 1. The van der Waals surface area contributed by atoms with Gasteiger partial charge >= 0.3 is 0 Å². The SMILES string of the molecule is Cc1ccc(N2C(=O)C3=C(CCCC3)C2=O)c2c1OC(CO)C2. The molecule has 1 atom stereocenters. The highest BCUT2D eigenvalue weighted by Gasteiger charge is 2.42. The monoisotopic (exact) mass is 313 g/mol. The van der Waals surface area contributed by atoms with Gasteiger partial charge in [-0.25, -0.2) is 4.90 Å². The number of hydrogen-bond donors (Lipinski definition) is 1. The summed E-state index contributed by atoms with van der Waals surface area (Å²) in [5, 5.41) is 9.38. The van der Waals surface area contributed by atoms with Crippen LogP contribution in [-0.4, -0.2) is 29.6 Å². The summed E-state index contributed by atoms with van der Waals surface area (Å²) in [7, 11) is 0. The fourth-order valence-corrected chi connectivity index (χ4v) is 3.80. The molecule has 0 radical (unpaired) electrons. The van der Waals surface area contributed by atoms with Crippen molar-refractivity contribution in [1.82, 2.24) is 0 Å². The smallest absolute Gasteiger partial charge is 0.261 e. The van der Waals surface area contributed by atoms with Crippen molar-refractivity contribution in [2.75, 3.05) is 11.5 Å². The highest BCUT2D eigenvalue weighted by atomic mass is 16.5. The Morgan fingerprint density at radius 1 is 1.17 bits per heavy atom. The molecule has 5 heteroatoms. The predicted octanol–water partition coefficient (Wildman–Crippen LogP) is 2.03. The van der Waals surface area contributed by atoms with E-state index < -0.39 is 0 Å². The van der Waals surface area contributed by atoms with E-state index in [9.17, 15) is 14.7 Å². The van der Waals surface area contributed by atoms with Crippen LogP contribution in [0.2, 0.25) is 0 Å². The molecule has 0 saturated heterocycles. The lowest BCUT2D eigenvalue weighted by molar-refractivity contribution is -0.120. The maximum absolute atomic E-state index is 12.7. The Morgan fingerprint density at radius 2 is 1.83 bits per heavy atom. The maximum Gasteiger partial charge on any atom is 0.261 e. The number of aryl methyl sites for hydroxylation is 1. The minimum Gasteiger partial charge on any atom is -0.487 e. The van der Waals surface area contributed by atoms with Gasteiger partial charge < -0.3 is 9.84 Å². The second-order valence-corrected chi connectivity index (χ2v) is 6.45. The Kier molecular flexibility index (Phi) is 3.27. The number of fused-ring (bicyclic) bond motifs is 1. The van der Waals surface area contributed by atoms with E-state index >= 15 is 0 Å². The summed E-state index contributed by atoms with van der Waals surface area (Å²) >= 11 is 0. The van der Waals surface area contributed by atoms with Gasteiger partial charge in [0.15, 0.2) is 0 Å². The van der Waals surface area contributed by atoms with Crippen molar-refractivity contribution in [3.63, 3.8) is 0 Å². The molecule has 0 spiro atoms. The summed E-state index contributed by atoms with van der Waals surface area (Å²) in [5.74, 6) is 0.346. The average molecular weight is 313 g/mol. The molecule has 2 amide bonds. The van der Waals surface area contributed by atoms with E-state index in [0.29, 0.717) is 41.8 Å². The number of carbonyl (C=O) groups excluding carboxylic acids is 2. The van der Waals surface area contributed by atoms with Crippen molar-refractivity contribution in [1.29, 1.82) is 0 Å². The first-order valence-electron chi connectivity index (χ1n) is 8.12. The molecule has 2 heterocycles. The van der Waals surface area contributed by atoms with Gasteiger partial charge in [-0.2, -0.15) is 0 Å². The quantitative estimate of drug-likeness (QED) is 0.849. The van der Waals surface area contributed by atoms with Crippen LogP contribution in [0.1, 0.15) is 36.8 Å². The first-order chi connectivity index (χ1) is 11.1. The van der Waals surface area contributed by atoms with E-state index in [-0.39, 0.29) is 24.5 Å². The topological polar surface area (TPSA) is 66.8 Å². The lowest BCUT2D eigenvalue weighted by Gasteiger charge is -2.18. The van der Waals surface area contributed by atoms with E-state index in [1.54, 1.807) is 0 Å². The van der Waals surface area contributed by atoms with Gasteiger partial charge in [0.25, 0.3) is 11.8 Å². The molecule has 1 unspecified atom stereocenters. The molecular weight excluding hydrogens is 294 g/mol. The Balaban J connectivity index is 1.78. The van der Waals surface area contributed by atoms with Gasteiger partial charge in [-0.15, -0.1) is 0 Å². The van der Waals surface area contributed by atoms with Crippen LogP contribution in [0.4, 0.5) is 5.69 Å². The van der Waals surface area contributed by atoms with Crippen LogP contribution in [0.3, 0.4) is 0 Å². The fraction of sp³-hybridized carbons (Fsp3) is 0.444. The van der Waals surface area contributed by atoms with Crippen molar-refractivity contribution in [2.24, 2.45) is 0 Å². The predicted molar refractivity (Wildman–Crippen MR) is 84.4 cm³/mol. The minimum atomic E-state index is -0.305. The van der Waals surface area contributed by atoms with E-state index in [1.165, 1.54) is 4.90 Å². The first-order valence-corrected chi connectivity index (χ1v) is 8.12. The zero-order chi connectivity index (χ0) is 16.1. The summed E-state index contributed by atoms with van der Waals surface area (Å²) < 4.78 is 5.76. The molecular formula is C18H19NO4. The number of rotatable bonds is 2. The van der Waals surface area contributed by atoms with Crippen molar-refractivity contribution in [3.8, 4) is 5.75 Å². The average Bonchev–Trinajstić information content (AvgIpc) is 3.11. The van der Waals surface area contributed by atoms with Crippen LogP contribution in [0.15, 0.2) is 23.3 Å². The molecule has 23 heavy (non-hydrogen) atoms. The van der Waals surface area contributed by atoms with Crippen LogP contribution in [0.5, 0.6) is 5.75 Å². The van der Waals surface area contributed by atoms with Crippen LogP contribution < -0.4 is 9.64 Å². The van der Waals surface area contributed by atoms with Gasteiger partial charge in [-0.3, -0.25) is 9.59 Å². The summed E-state index contributed by atoms with van der Waals surface area (Å²) in [4.78, 5) is 26.8. The van der Waals surface area contributed by atoms with Gasteiger partial charge in [0.2, 0.25) is 0 Å². The molecule has 0 aromatic heterocycles. The molecule has 1 N–H and O–H groups in total. The van der Waals surface area contributed by atoms with E-state index in [1.807, 2.05) is 19.1 Å². The summed E-state index contributed by atoms with van der Waals surface area (Å²) in [5.41, 5.74) is 3.80. The normalized spacial score (nSPS) is 23.2. The molecule has 0 fully saturated rings. The second-order valence-electron chi connectivity index (χ2n) is 6.45. The molecule has 3 aliphatic rings. The molecule has 1 aromatic carbocycles.